The van der Waals surface area contributed by atoms with E-state index in [0.29, 0.717) is 24.3 Å². The van der Waals surface area contributed by atoms with E-state index in [1.54, 1.807) is 0 Å². The third-order valence-corrected chi connectivity index (χ3v) is 4.42. The molecule has 3 unspecified atom stereocenters. The van der Waals surface area contributed by atoms with E-state index in [4.69, 9.17) is 10.5 Å². The summed E-state index contributed by atoms with van der Waals surface area (Å²) in [7, 11) is 0. The van der Waals surface area contributed by atoms with Crippen molar-refractivity contribution in [1.82, 2.24) is 9.80 Å². The quantitative estimate of drug-likeness (QED) is 0.682. The van der Waals surface area contributed by atoms with Crippen LogP contribution in [-0.4, -0.2) is 68.2 Å². The zero-order valence-electron chi connectivity index (χ0n) is 10.2. The van der Waals surface area contributed by atoms with Gasteiger partial charge in [0, 0.05) is 38.6 Å². The second-order valence-corrected chi connectivity index (χ2v) is 5.33. The van der Waals surface area contributed by atoms with E-state index in [9.17, 15) is 4.79 Å². The Hall–Kier alpha value is -0.650. The number of piperidine rings is 1. The van der Waals surface area contributed by atoms with Crippen LogP contribution in [0.5, 0.6) is 0 Å². The Morgan fingerprint density at radius 2 is 2.06 bits per heavy atom. The number of ether oxygens (including phenoxy) is 1. The highest BCUT2D eigenvalue weighted by molar-refractivity contribution is 5.85. The van der Waals surface area contributed by atoms with Gasteiger partial charge >= 0.3 is 0 Å². The number of nitrogens with two attached hydrogens (primary N) is 1. The molecule has 5 heteroatoms. The van der Waals surface area contributed by atoms with Gasteiger partial charge in [0.1, 0.15) is 0 Å². The first-order valence-electron chi connectivity index (χ1n) is 6.60. The molecule has 17 heavy (non-hydrogen) atoms. The molecule has 1 amide bonds. The normalized spacial score (nSPS) is 37.4. The van der Waals surface area contributed by atoms with Crippen LogP contribution >= 0.6 is 0 Å². The second-order valence-electron chi connectivity index (χ2n) is 5.33. The Bertz CT molecular complexity index is 304. The number of hydrogen-bond acceptors (Lipinski definition) is 4. The van der Waals surface area contributed by atoms with Crippen molar-refractivity contribution in [2.75, 3.05) is 52.5 Å². The van der Waals surface area contributed by atoms with E-state index in [2.05, 4.69) is 4.90 Å². The fourth-order valence-electron chi connectivity index (χ4n) is 3.23. The Balaban J connectivity index is 1.43. The number of hydrogen-bond donors (Lipinski definition) is 1. The number of morpholine rings is 1. The molecule has 2 aliphatic heterocycles. The molecule has 0 spiro atoms. The smallest absolute Gasteiger partial charge is 0.226 e. The average Bonchev–Trinajstić information content (AvgIpc) is 2.98. The minimum atomic E-state index is 0.268. The number of rotatable bonds is 4. The summed E-state index contributed by atoms with van der Waals surface area (Å²) >= 11 is 0. The first-order valence-corrected chi connectivity index (χ1v) is 6.60. The lowest BCUT2D eigenvalue weighted by Crippen LogP contribution is -2.43. The summed E-state index contributed by atoms with van der Waals surface area (Å²) in [4.78, 5) is 16.4. The fourth-order valence-corrected chi connectivity index (χ4v) is 3.23. The van der Waals surface area contributed by atoms with Gasteiger partial charge in [0.15, 0.2) is 0 Å². The van der Waals surface area contributed by atoms with Gasteiger partial charge in [0.05, 0.1) is 13.2 Å². The van der Waals surface area contributed by atoms with E-state index in [-0.39, 0.29) is 5.92 Å². The van der Waals surface area contributed by atoms with Gasteiger partial charge in [-0.1, -0.05) is 0 Å². The van der Waals surface area contributed by atoms with Crippen LogP contribution in [0.3, 0.4) is 0 Å². The fraction of sp³-hybridized carbons (Fsp3) is 0.917. The monoisotopic (exact) mass is 239 g/mol. The summed E-state index contributed by atoms with van der Waals surface area (Å²) in [5, 5.41) is 0. The van der Waals surface area contributed by atoms with Crippen molar-refractivity contribution in [3.8, 4) is 0 Å². The van der Waals surface area contributed by atoms with Gasteiger partial charge < -0.3 is 15.4 Å². The number of fused-ring (bicyclic) bond motifs is 1. The lowest BCUT2D eigenvalue weighted by Gasteiger charge is -2.29. The number of carbonyl (C=O) groups excluding carboxylic acids is 1. The summed E-state index contributed by atoms with van der Waals surface area (Å²) in [5.41, 5.74) is 5.63. The molecule has 0 aromatic rings. The van der Waals surface area contributed by atoms with Gasteiger partial charge in [-0.2, -0.15) is 0 Å². The van der Waals surface area contributed by atoms with Crippen molar-refractivity contribution < 1.29 is 9.53 Å². The maximum absolute atomic E-state index is 12.0. The molecular weight excluding hydrogens is 218 g/mol. The van der Waals surface area contributed by atoms with Crippen molar-refractivity contribution in [3.05, 3.63) is 0 Å². The maximum Gasteiger partial charge on any atom is 0.226 e. The Kier molecular flexibility index (Phi) is 3.06. The van der Waals surface area contributed by atoms with Crippen molar-refractivity contribution in [3.63, 3.8) is 0 Å². The first-order chi connectivity index (χ1) is 8.31. The van der Waals surface area contributed by atoms with Crippen LogP contribution < -0.4 is 5.73 Å². The summed E-state index contributed by atoms with van der Waals surface area (Å²) in [5.74, 6) is 1.67. The van der Waals surface area contributed by atoms with E-state index in [1.807, 2.05) is 4.90 Å². The molecule has 96 valence electrons. The van der Waals surface area contributed by atoms with Crippen LogP contribution in [0.1, 0.15) is 0 Å². The van der Waals surface area contributed by atoms with E-state index >= 15 is 0 Å². The molecule has 1 aliphatic carbocycles. The Morgan fingerprint density at radius 3 is 2.65 bits per heavy atom. The molecule has 0 aromatic heterocycles. The number of carbonyl (C=O) groups is 1. The molecule has 3 atom stereocenters. The molecule has 3 fully saturated rings. The summed E-state index contributed by atoms with van der Waals surface area (Å²) in [6.45, 7) is 7.14. The molecule has 2 saturated heterocycles. The highest BCUT2D eigenvalue weighted by Crippen LogP contribution is 2.51. The van der Waals surface area contributed by atoms with Gasteiger partial charge in [0.25, 0.3) is 0 Å². The van der Waals surface area contributed by atoms with Crippen molar-refractivity contribution in [1.29, 1.82) is 0 Å². The zero-order chi connectivity index (χ0) is 11.8. The first kappa shape index (κ1) is 11.4. The van der Waals surface area contributed by atoms with Crippen LogP contribution in [0.2, 0.25) is 0 Å². The molecule has 0 bridgehead atoms. The largest absolute Gasteiger partial charge is 0.379 e. The third-order valence-electron chi connectivity index (χ3n) is 4.42. The van der Waals surface area contributed by atoms with E-state index in [0.717, 1.165) is 45.9 Å². The number of nitrogens with zero attached hydrogens (tertiary/aromatic N) is 2. The van der Waals surface area contributed by atoms with E-state index in [1.165, 1.54) is 0 Å². The molecular formula is C12H21N3O2. The summed E-state index contributed by atoms with van der Waals surface area (Å²) in [6.07, 6.45) is 0. The molecule has 1 saturated carbocycles. The minimum Gasteiger partial charge on any atom is -0.379 e. The van der Waals surface area contributed by atoms with Crippen LogP contribution in [0, 0.1) is 17.8 Å². The molecule has 2 N–H and O–H groups in total. The molecule has 0 aromatic carbocycles. The van der Waals surface area contributed by atoms with Gasteiger partial charge in [-0.05, 0) is 18.4 Å². The zero-order valence-corrected chi connectivity index (χ0v) is 10.2. The number of amides is 1. The minimum absolute atomic E-state index is 0.268. The predicted molar refractivity (Wildman–Crippen MR) is 63.4 cm³/mol. The van der Waals surface area contributed by atoms with Crippen LogP contribution in [0.4, 0.5) is 0 Å². The Morgan fingerprint density at radius 1 is 1.29 bits per heavy atom. The van der Waals surface area contributed by atoms with Gasteiger partial charge in [-0.25, -0.2) is 0 Å². The summed E-state index contributed by atoms with van der Waals surface area (Å²) in [6, 6.07) is 0. The summed E-state index contributed by atoms with van der Waals surface area (Å²) < 4.78 is 5.31. The predicted octanol–water partition coefficient (Wildman–Crippen LogP) is -1.02. The maximum atomic E-state index is 12.0. The van der Waals surface area contributed by atoms with Gasteiger partial charge in [0.2, 0.25) is 5.91 Å². The topological polar surface area (TPSA) is 58.8 Å². The standard InChI is InChI=1S/C12H21N3O2/c13-7-9-10-8-15(12(16)11(9)10)2-1-14-3-5-17-6-4-14/h9-11H,1-8,13H2. The molecule has 5 nitrogen and oxygen atoms in total. The average molecular weight is 239 g/mol. The SMILES string of the molecule is NCC1C2CN(CCN3CCOCC3)C(=O)C12. The third kappa shape index (κ3) is 2.07. The lowest BCUT2D eigenvalue weighted by molar-refractivity contribution is -0.130. The van der Waals surface area contributed by atoms with Crippen LogP contribution in [0.25, 0.3) is 0 Å². The van der Waals surface area contributed by atoms with Crippen molar-refractivity contribution >= 4 is 5.91 Å². The highest BCUT2D eigenvalue weighted by Gasteiger charge is 2.60. The lowest BCUT2D eigenvalue weighted by atomic mass is 10.2. The van der Waals surface area contributed by atoms with E-state index < -0.39 is 0 Å². The molecule has 0 radical (unpaired) electrons. The Labute approximate surface area is 102 Å². The van der Waals surface area contributed by atoms with Crippen LogP contribution in [-0.2, 0) is 9.53 Å². The number of likely N-dealkylation sites (tertiary alicyclic amines) is 1. The second kappa shape index (κ2) is 4.55. The van der Waals surface area contributed by atoms with Crippen molar-refractivity contribution in [2.24, 2.45) is 23.5 Å². The van der Waals surface area contributed by atoms with Crippen LogP contribution in [0.15, 0.2) is 0 Å². The van der Waals surface area contributed by atoms with Crippen molar-refractivity contribution in [2.45, 2.75) is 0 Å². The van der Waals surface area contributed by atoms with Gasteiger partial charge in [-0.15, -0.1) is 0 Å². The molecule has 3 aliphatic rings. The highest BCUT2D eigenvalue weighted by atomic mass is 16.5. The molecule has 2 heterocycles. The molecule has 3 rings (SSSR count). The van der Waals surface area contributed by atoms with Gasteiger partial charge in [-0.3, -0.25) is 9.69 Å².